The fraction of sp³-hybridized carbons (Fsp3) is 0.333. The second-order valence-corrected chi connectivity index (χ2v) is 7.47. The molecule has 13 heteroatoms. The van der Waals surface area contributed by atoms with E-state index < -0.39 is 60.6 Å². The number of benzene rings is 1. The number of nitrogens with one attached hydrogen (secondary N) is 3. The number of nitrogens with zero attached hydrogens (tertiary/aromatic N) is 1. The number of carboxylic acids is 2. The van der Waals surface area contributed by atoms with Crippen molar-refractivity contribution in [3.05, 3.63) is 35.9 Å². The molecule has 0 saturated heterocycles. The van der Waals surface area contributed by atoms with Crippen LogP contribution in [0.1, 0.15) is 25.8 Å². The van der Waals surface area contributed by atoms with E-state index in [1.165, 1.54) is 12.2 Å². The van der Waals surface area contributed by atoms with E-state index in [4.69, 9.17) is 16.6 Å². The van der Waals surface area contributed by atoms with Crippen LogP contribution in [0.25, 0.3) is 6.08 Å². The van der Waals surface area contributed by atoms with Crippen LogP contribution >= 0.6 is 0 Å². The number of nitrogens with two attached hydrogens (primary N) is 2. The van der Waals surface area contributed by atoms with Gasteiger partial charge in [-0.25, -0.2) is 9.79 Å². The zero-order valence-corrected chi connectivity index (χ0v) is 18.6. The Bertz CT molecular complexity index is 968. The zero-order valence-electron chi connectivity index (χ0n) is 18.6. The third-order valence-corrected chi connectivity index (χ3v) is 4.26. The van der Waals surface area contributed by atoms with Gasteiger partial charge in [0.25, 0.3) is 0 Å². The molecule has 0 fully saturated rings. The maximum atomic E-state index is 12.3. The number of carbonyl (C=O) groups excluding carboxylic acids is 3. The van der Waals surface area contributed by atoms with E-state index in [2.05, 4.69) is 20.9 Å². The lowest BCUT2D eigenvalue weighted by atomic mass is 10.0. The van der Waals surface area contributed by atoms with Gasteiger partial charge in [-0.2, -0.15) is 0 Å². The number of hydrogen-bond donors (Lipinski definition) is 7. The molecule has 0 aliphatic carbocycles. The number of carbonyl (C=O) groups is 5. The van der Waals surface area contributed by atoms with Gasteiger partial charge in [-0.05, 0) is 29.7 Å². The minimum absolute atomic E-state index is 0.0920. The molecular weight excluding hydrogens is 448 g/mol. The first-order valence-corrected chi connectivity index (χ1v) is 10.1. The third-order valence-electron chi connectivity index (χ3n) is 4.26. The molecule has 1 rings (SSSR count). The normalized spacial score (nSPS) is 12.4. The Balaban J connectivity index is 2.66. The third kappa shape index (κ3) is 10.3. The molecule has 2 atom stereocenters. The topological polar surface area (TPSA) is 226 Å². The number of aliphatic imine (C=N–C) groups is 1. The lowest BCUT2D eigenvalue weighted by Crippen LogP contribution is -2.54. The lowest BCUT2D eigenvalue weighted by Gasteiger charge is -2.22. The van der Waals surface area contributed by atoms with Crippen LogP contribution in [0.15, 0.2) is 35.3 Å². The molecule has 0 bridgehead atoms. The van der Waals surface area contributed by atoms with Crippen molar-refractivity contribution in [3.8, 4) is 0 Å². The number of amides is 3. The second kappa shape index (κ2) is 13.2. The van der Waals surface area contributed by atoms with Crippen LogP contribution < -0.4 is 27.4 Å². The Morgan fingerprint density at radius 2 is 1.65 bits per heavy atom. The van der Waals surface area contributed by atoms with Crippen LogP contribution in [-0.4, -0.2) is 64.5 Å². The number of guanidine groups is 1. The largest absolute Gasteiger partial charge is 0.481 e. The summed E-state index contributed by atoms with van der Waals surface area (Å²) in [5.41, 5.74) is 11.8. The SMILES string of the molecule is CC(C)[C@H](NC(=O)[C@H](CC(=O)O)NC(=O)CNC(=O)/C=C/c1ccc(N=C(N)N)cc1)C(=O)O. The Hall–Kier alpha value is -4.42. The van der Waals surface area contributed by atoms with Crippen LogP contribution in [0, 0.1) is 5.92 Å². The summed E-state index contributed by atoms with van der Waals surface area (Å²) in [6.45, 7) is 2.58. The van der Waals surface area contributed by atoms with Crippen molar-refractivity contribution in [2.45, 2.75) is 32.4 Å². The molecule has 3 amide bonds. The van der Waals surface area contributed by atoms with Gasteiger partial charge in [-0.1, -0.05) is 26.0 Å². The van der Waals surface area contributed by atoms with Crippen molar-refractivity contribution in [1.29, 1.82) is 0 Å². The van der Waals surface area contributed by atoms with Gasteiger partial charge in [0.15, 0.2) is 5.96 Å². The molecule has 34 heavy (non-hydrogen) atoms. The van der Waals surface area contributed by atoms with Crippen LogP contribution in [0.3, 0.4) is 0 Å². The summed E-state index contributed by atoms with van der Waals surface area (Å²) in [6.07, 6.45) is 1.88. The molecule has 0 saturated carbocycles. The highest BCUT2D eigenvalue weighted by Crippen LogP contribution is 2.13. The fourth-order valence-electron chi connectivity index (χ4n) is 2.60. The van der Waals surface area contributed by atoms with Gasteiger partial charge in [-0.15, -0.1) is 0 Å². The van der Waals surface area contributed by atoms with Crippen molar-refractivity contribution in [2.24, 2.45) is 22.4 Å². The average Bonchev–Trinajstić information content (AvgIpc) is 2.73. The molecule has 0 heterocycles. The molecule has 0 spiro atoms. The van der Waals surface area contributed by atoms with Gasteiger partial charge >= 0.3 is 11.9 Å². The van der Waals surface area contributed by atoms with E-state index in [1.807, 2.05) is 0 Å². The Morgan fingerprint density at radius 3 is 2.15 bits per heavy atom. The minimum Gasteiger partial charge on any atom is -0.481 e. The van der Waals surface area contributed by atoms with Crippen LogP contribution in [-0.2, 0) is 24.0 Å². The van der Waals surface area contributed by atoms with Crippen LogP contribution in [0.4, 0.5) is 5.69 Å². The lowest BCUT2D eigenvalue weighted by molar-refractivity contribution is -0.144. The molecule has 0 unspecified atom stereocenters. The molecule has 1 aromatic carbocycles. The monoisotopic (exact) mass is 476 g/mol. The first-order chi connectivity index (χ1) is 15.9. The smallest absolute Gasteiger partial charge is 0.326 e. The Kier molecular flexibility index (Phi) is 10.7. The quantitative estimate of drug-likeness (QED) is 0.110. The van der Waals surface area contributed by atoms with Crippen molar-refractivity contribution >= 4 is 47.4 Å². The van der Waals surface area contributed by atoms with Crippen molar-refractivity contribution in [3.63, 3.8) is 0 Å². The molecule has 1 aromatic rings. The molecular formula is C21H28N6O7. The highest BCUT2D eigenvalue weighted by molar-refractivity contribution is 5.96. The molecule has 13 nitrogen and oxygen atoms in total. The molecule has 9 N–H and O–H groups in total. The number of aliphatic carboxylic acids is 2. The van der Waals surface area contributed by atoms with Crippen molar-refractivity contribution in [1.82, 2.24) is 16.0 Å². The molecule has 0 radical (unpaired) electrons. The highest BCUT2D eigenvalue weighted by atomic mass is 16.4. The Labute approximate surface area is 195 Å². The van der Waals surface area contributed by atoms with E-state index in [0.717, 1.165) is 0 Å². The van der Waals surface area contributed by atoms with Gasteiger partial charge in [0, 0.05) is 6.08 Å². The first kappa shape index (κ1) is 27.6. The summed E-state index contributed by atoms with van der Waals surface area (Å²) >= 11 is 0. The van der Waals surface area contributed by atoms with Crippen LogP contribution in [0.2, 0.25) is 0 Å². The molecule has 184 valence electrons. The van der Waals surface area contributed by atoms with Crippen molar-refractivity contribution < 1.29 is 34.2 Å². The summed E-state index contributed by atoms with van der Waals surface area (Å²) in [4.78, 5) is 62.6. The number of carboxylic acid groups (broad SMARTS) is 2. The Morgan fingerprint density at radius 1 is 1.03 bits per heavy atom. The fourth-order valence-corrected chi connectivity index (χ4v) is 2.60. The number of rotatable bonds is 12. The molecule has 0 aromatic heterocycles. The van der Waals surface area contributed by atoms with E-state index in [1.54, 1.807) is 38.1 Å². The molecule has 0 aliphatic rings. The maximum absolute atomic E-state index is 12.3. The maximum Gasteiger partial charge on any atom is 0.326 e. The van der Waals surface area contributed by atoms with Gasteiger partial charge in [0.1, 0.15) is 12.1 Å². The average molecular weight is 476 g/mol. The summed E-state index contributed by atoms with van der Waals surface area (Å²) in [5, 5.41) is 24.9. The summed E-state index contributed by atoms with van der Waals surface area (Å²) in [5.74, 6) is -5.66. The van der Waals surface area contributed by atoms with Gasteiger partial charge in [0.05, 0.1) is 18.7 Å². The molecule has 0 aliphatic heterocycles. The van der Waals surface area contributed by atoms with E-state index in [0.29, 0.717) is 11.3 Å². The second-order valence-electron chi connectivity index (χ2n) is 7.47. The zero-order chi connectivity index (χ0) is 25.8. The minimum atomic E-state index is -1.53. The van der Waals surface area contributed by atoms with Crippen LogP contribution in [0.5, 0.6) is 0 Å². The van der Waals surface area contributed by atoms with E-state index in [9.17, 15) is 29.1 Å². The van der Waals surface area contributed by atoms with Crippen molar-refractivity contribution in [2.75, 3.05) is 6.54 Å². The highest BCUT2D eigenvalue weighted by Gasteiger charge is 2.29. The van der Waals surface area contributed by atoms with Gasteiger partial charge in [-0.3, -0.25) is 19.2 Å². The van der Waals surface area contributed by atoms with E-state index >= 15 is 0 Å². The standard InChI is InChI=1S/C21H28N6O7/c1-11(2)18(20(33)34)27-19(32)14(9-17(30)31)26-16(29)10-24-15(28)8-5-12-3-6-13(7-4-12)25-21(22)23/h3-8,11,14,18H,9-10H2,1-2H3,(H,24,28)(H,26,29)(H,27,32)(H,30,31)(H,33,34)(H4,22,23,25)/b8-5+/t14-,18-/m0/s1. The summed E-state index contributed by atoms with van der Waals surface area (Å²) in [7, 11) is 0. The van der Waals surface area contributed by atoms with Gasteiger partial charge in [0.2, 0.25) is 17.7 Å². The first-order valence-electron chi connectivity index (χ1n) is 10.1. The van der Waals surface area contributed by atoms with E-state index in [-0.39, 0.29) is 5.96 Å². The number of hydrogen-bond acceptors (Lipinski definition) is 6. The summed E-state index contributed by atoms with van der Waals surface area (Å²) in [6, 6.07) is 3.80. The predicted molar refractivity (Wildman–Crippen MR) is 123 cm³/mol. The summed E-state index contributed by atoms with van der Waals surface area (Å²) < 4.78 is 0. The van der Waals surface area contributed by atoms with Gasteiger partial charge < -0.3 is 37.6 Å². The predicted octanol–water partition coefficient (Wildman–Crippen LogP) is -1.09.